The topological polar surface area (TPSA) is 63.2 Å². The van der Waals surface area contributed by atoms with Gasteiger partial charge >= 0.3 is 6.03 Å². The summed E-state index contributed by atoms with van der Waals surface area (Å²) >= 11 is 3.95. The van der Waals surface area contributed by atoms with E-state index in [0.717, 1.165) is 22.7 Å². The van der Waals surface area contributed by atoms with Gasteiger partial charge in [0.25, 0.3) is 0 Å². The van der Waals surface area contributed by atoms with E-state index >= 15 is 0 Å². The maximum absolute atomic E-state index is 12.4. The van der Waals surface area contributed by atoms with Crippen LogP contribution in [0.2, 0.25) is 0 Å². The van der Waals surface area contributed by atoms with Crippen molar-refractivity contribution in [2.24, 2.45) is 0 Å². The number of pyridine rings is 1. The van der Waals surface area contributed by atoms with E-state index in [2.05, 4.69) is 27.8 Å². The molecule has 0 spiro atoms. The minimum Gasteiger partial charge on any atom is -0.487 e. The van der Waals surface area contributed by atoms with Crippen LogP contribution in [0.3, 0.4) is 0 Å². The van der Waals surface area contributed by atoms with Crippen molar-refractivity contribution in [1.29, 1.82) is 0 Å². The van der Waals surface area contributed by atoms with Crippen LogP contribution in [-0.4, -0.2) is 22.5 Å². The van der Waals surface area contributed by atoms with Crippen molar-refractivity contribution in [2.45, 2.75) is 24.2 Å². The highest BCUT2D eigenvalue weighted by Gasteiger charge is 2.17. The van der Waals surface area contributed by atoms with Gasteiger partial charge in [-0.3, -0.25) is 4.98 Å². The highest BCUT2D eigenvalue weighted by molar-refractivity contribution is 8.16. The third-order valence-electron chi connectivity index (χ3n) is 4.71. The lowest BCUT2D eigenvalue weighted by Gasteiger charge is -2.21. The van der Waals surface area contributed by atoms with Gasteiger partial charge in [-0.1, -0.05) is 30.3 Å². The Labute approximate surface area is 191 Å². The Balaban J connectivity index is 1.28. The van der Waals surface area contributed by atoms with Gasteiger partial charge in [0.2, 0.25) is 0 Å². The number of hydrogen-bond donors (Lipinski definition) is 2. The van der Waals surface area contributed by atoms with Gasteiger partial charge in [-0.15, -0.1) is 23.5 Å². The molecular formula is C24H25N3O2S2. The number of nitrogens with zero attached hydrogens (tertiary/aromatic N) is 1. The third kappa shape index (κ3) is 6.67. The molecule has 3 aromatic rings. The van der Waals surface area contributed by atoms with E-state index in [9.17, 15) is 4.79 Å². The molecule has 31 heavy (non-hydrogen) atoms. The predicted molar refractivity (Wildman–Crippen MR) is 130 cm³/mol. The van der Waals surface area contributed by atoms with Crippen LogP contribution in [0.4, 0.5) is 10.5 Å². The van der Waals surface area contributed by atoms with E-state index in [1.807, 2.05) is 78.1 Å². The number of amides is 2. The normalized spacial score (nSPS) is 14.1. The Morgan fingerprint density at radius 3 is 2.74 bits per heavy atom. The molecule has 1 aliphatic heterocycles. The highest BCUT2D eigenvalue weighted by Crippen LogP contribution is 2.44. The maximum atomic E-state index is 12.4. The molecule has 2 N–H and O–H groups in total. The molecule has 0 unspecified atom stereocenters. The molecule has 0 bridgehead atoms. The summed E-state index contributed by atoms with van der Waals surface area (Å²) in [6.45, 7) is 0.826. The molecule has 1 aliphatic rings. The fourth-order valence-corrected chi connectivity index (χ4v) is 6.06. The zero-order chi connectivity index (χ0) is 21.3. The first-order valence-corrected chi connectivity index (χ1v) is 12.4. The third-order valence-corrected chi connectivity index (χ3v) is 7.72. The SMILES string of the molecule is O=C(NCc1cccc(OCc2ccccn2)c1)Nc1cccc(C2SCCCS2)c1. The number of rotatable bonds is 7. The summed E-state index contributed by atoms with van der Waals surface area (Å²) in [5, 5.41) is 5.86. The summed E-state index contributed by atoms with van der Waals surface area (Å²) < 4.78 is 6.26. The van der Waals surface area contributed by atoms with Gasteiger partial charge in [0.1, 0.15) is 12.4 Å². The summed E-state index contributed by atoms with van der Waals surface area (Å²) in [4.78, 5) is 16.7. The van der Waals surface area contributed by atoms with E-state index in [-0.39, 0.29) is 6.03 Å². The van der Waals surface area contributed by atoms with Crippen molar-refractivity contribution in [1.82, 2.24) is 10.3 Å². The number of thioether (sulfide) groups is 2. The van der Waals surface area contributed by atoms with Gasteiger partial charge in [-0.2, -0.15) is 0 Å². The van der Waals surface area contributed by atoms with Crippen LogP contribution in [0.1, 0.15) is 27.8 Å². The first-order valence-electron chi connectivity index (χ1n) is 10.3. The lowest BCUT2D eigenvalue weighted by atomic mass is 10.2. The molecule has 2 aromatic carbocycles. The summed E-state index contributed by atoms with van der Waals surface area (Å²) in [6, 6.07) is 21.4. The Morgan fingerprint density at radius 2 is 1.90 bits per heavy atom. The maximum Gasteiger partial charge on any atom is 0.319 e. The first kappa shape index (κ1) is 21.6. The van der Waals surface area contributed by atoms with E-state index in [4.69, 9.17) is 4.74 Å². The van der Waals surface area contributed by atoms with Crippen molar-refractivity contribution in [2.75, 3.05) is 16.8 Å². The largest absolute Gasteiger partial charge is 0.487 e. The number of nitrogens with one attached hydrogen (secondary N) is 2. The molecule has 2 heterocycles. The fraction of sp³-hybridized carbons (Fsp3) is 0.250. The zero-order valence-electron chi connectivity index (χ0n) is 17.1. The molecule has 4 rings (SSSR count). The molecule has 1 aromatic heterocycles. The Hall–Kier alpha value is -2.64. The minimum atomic E-state index is -0.221. The van der Waals surface area contributed by atoms with Gasteiger partial charge in [-0.25, -0.2) is 4.79 Å². The van der Waals surface area contributed by atoms with Crippen LogP contribution in [0.5, 0.6) is 5.75 Å². The van der Waals surface area contributed by atoms with Crippen LogP contribution >= 0.6 is 23.5 Å². The van der Waals surface area contributed by atoms with Crippen molar-refractivity contribution in [3.63, 3.8) is 0 Å². The van der Waals surface area contributed by atoms with Gasteiger partial charge in [0, 0.05) is 18.4 Å². The molecule has 160 valence electrons. The van der Waals surface area contributed by atoms with Crippen molar-refractivity contribution in [3.8, 4) is 5.75 Å². The fourth-order valence-electron chi connectivity index (χ4n) is 3.19. The van der Waals surface area contributed by atoms with Gasteiger partial charge < -0.3 is 15.4 Å². The quantitative estimate of drug-likeness (QED) is 0.472. The van der Waals surface area contributed by atoms with Crippen LogP contribution in [0.25, 0.3) is 0 Å². The molecule has 5 nitrogen and oxygen atoms in total. The second-order valence-electron chi connectivity index (χ2n) is 7.12. The molecule has 0 aliphatic carbocycles. The molecule has 0 radical (unpaired) electrons. The predicted octanol–water partition coefficient (Wildman–Crippen LogP) is 5.85. The Kier molecular flexibility index (Phi) is 7.74. The molecule has 0 atom stereocenters. The summed E-state index contributed by atoms with van der Waals surface area (Å²) in [7, 11) is 0. The lowest BCUT2D eigenvalue weighted by molar-refractivity contribution is 0.251. The number of urea groups is 1. The van der Waals surface area contributed by atoms with Gasteiger partial charge in [0.05, 0.1) is 10.3 Å². The van der Waals surface area contributed by atoms with Crippen LogP contribution in [0.15, 0.2) is 72.9 Å². The number of benzene rings is 2. The number of anilines is 1. The van der Waals surface area contributed by atoms with Crippen LogP contribution < -0.4 is 15.4 Å². The molecular weight excluding hydrogens is 426 g/mol. The minimum absolute atomic E-state index is 0.221. The number of carbonyl (C=O) groups is 1. The van der Waals surface area contributed by atoms with Crippen molar-refractivity contribution in [3.05, 3.63) is 89.7 Å². The molecule has 1 fully saturated rings. The second kappa shape index (κ2) is 11.1. The number of aromatic nitrogens is 1. The average molecular weight is 452 g/mol. The van der Waals surface area contributed by atoms with E-state index in [1.54, 1.807) is 6.20 Å². The molecule has 0 saturated carbocycles. The van der Waals surface area contributed by atoms with Crippen LogP contribution in [0, 0.1) is 0 Å². The summed E-state index contributed by atoms with van der Waals surface area (Å²) in [5.74, 6) is 3.14. The summed E-state index contributed by atoms with van der Waals surface area (Å²) in [6.07, 6.45) is 3.02. The van der Waals surface area contributed by atoms with Gasteiger partial charge in [-0.05, 0) is 65.5 Å². The van der Waals surface area contributed by atoms with Gasteiger partial charge in [0.15, 0.2) is 0 Å². The highest BCUT2D eigenvalue weighted by atomic mass is 32.2. The number of carbonyl (C=O) groups excluding carboxylic acids is 1. The van der Waals surface area contributed by atoms with Crippen LogP contribution in [-0.2, 0) is 13.2 Å². The average Bonchev–Trinajstić information content (AvgIpc) is 2.83. The van der Waals surface area contributed by atoms with Crippen molar-refractivity contribution < 1.29 is 9.53 Å². The smallest absolute Gasteiger partial charge is 0.319 e. The Bertz CT molecular complexity index is 995. The first-order chi connectivity index (χ1) is 15.3. The second-order valence-corrected chi connectivity index (χ2v) is 9.84. The molecule has 1 saturated heterocycles. The number of hydrogen-bond acceptors (Lipinski definition) is 5. The van der Waals surface area contributed by atoms with E-state index in [0.29, 0.717) is 17.7 Å². The number of ether oxygens (including phenoxy) is 1. The zero-order valence-corrected chi connectivity index (χ0v) is 18.8. The van der Waals surface area contributed by atoms with Crippen molar-refractivity contribution >= 4 is 35.2 Å². The molecule has 2 amide bonds. The monoisotopic (exact) mass is 451 g/mol. The van der Waals surface area contributed by atoms with E-state index in [1.165, 1.54) is 23.5 Å². The Morgan fingerprint density at radius 1 is 1.03 bits per heavy atom. The lowest BCUT2D eigenvalue weighted by Crippen LogP contribution is -2.28. The summed E-state index contributed by atoms with van der Waals surface area (Å²) in [5.41, 5.74) is 3.91. The molecule has 7 heteroatoms. The van der Waals surface area contributed by atoms with E-state index < -0.39 is 0 Å². The standard InChI is InChI=1S/C24H25N3O2S2/c28-24(27-20-9-4-7-19(15-20)23-30-12-5-13-31-23)26-16-18-6-3-10-22(14-18)29-17-21-8-1-2-11-25-21/h1-4,6-11,14-15,23H,5,12-13,16-17H2,(H2,26,27,28).